The van der Waals surface area contributed by atoms with E-state index in [0.717, 1.165) is 25.0 Å². The van der Waals surface area contributed by atoms with E-state index < -0.39 is 0 Å². The van der Waals surface area contributed by atoms with Gasteiger partial charge in [0.2, 0.25) is 0 Å². The van der Waals surface area contributed by atoms with E-state index in [1.54, 1.807) is 7.11 Å². The summed E-state index contributed by atoms with van der Waals surface area (Å²) < 4.78 is 5.43. The maximum absolute atomic E-state index is 6.05. The molecule has 2 N–H and O–H groups in total. The fourth-order valence-corrected chi connectivity index (χ4v) is 3.04. The van der Waals surface area contributed by atoms with Crippen molar-refractivity contribution in [2.75, 3.05) is 33.9 Å². The predicted molar refractivity (Wildman–Crippen MR) is 66.4 cm³/mol. The van der Waals surface area contributed by atoms with Gasteiger partial charge in [0.1, 0.15) is 0 Å². The number of hydrogen-bond acceptors (Lipinski definition) is 3. The van der Waals surface area contributed by atoms with Crippen LogP contribution in [0.2, 0.25) is 0 Å². The highest BCUT2D eigenvalue weighted by Crippen LogP contribution is 2.43. The fourth-order valence-electron chi connectivity index (χ4n) is 3.04. The van der Waals surface area contributed by atoms with Crippen molar-refractivity contribution < 1.29 is 4.74 Å². The molecule has 0 radical (unpaired) electrons. The Bertz CT molecular complexity index is 226. The van der Waals surface area contributed by atoms with E-state index in [0.29, 0.717) is 0 Å². The molecule has 94 valence electrons. The highest BCUT2D eigenvalue weighted by Gasteiger charge is 2.47. The van der Waals surface area contributed by atoms with Gasteiger partial charge in [0.25, 0.3) is 0 Å². The Labute approximate surface area is 99.3 Å². The highest BCUT2D eigenvalue weighted by atomic mass is 16.5. The summed E-state index contributed by atoms with van der Waals surface area (Å²) >= 11 is 0. The topological polar surface area (TPSA) is 38.5 Å². The molecular formula is C13H26N2O. The summed E-state index contributed by atoms with van der Waals surface area (Å²) in [5.41, 5.74) is 6.16. The molecule has 0 bridgehead atoms. The zero-order chi connectivity index (χ0) is 11.6. The second-order valence-corrected chi connectivity index (χ2v) is 5.69. The lowest BCUT2D eigenvalue weighted by molar-refractivity contribution is -0.000000381. The Hall–Kier alpha value is -0.120. The summed E-state index contributed by atoms with van der Waals surface area (Å²) in [6.07, 6.45) is 6.89. The van der Waals surface area contributed by atoms with Crippen molar-refractivity contribution in [2.24, 2.45) is 17.6 Å². The minimum Gasteiger partial charge on any atom is -0.383 e. The van der Waals surface area contributed by atoms with Gasteiger partial charge in [-0.25, -0.2) is 0 Å². The molecule has 16 heavy (non-hydrogen) atoms. The van der Waals surface area contributed by atoms with Crippen molar-refractivity contribution in [2.45, 2.75) is 37.6 Å². The maximum Gasteiger partial charge on any atom is 0.0661 e. The van der Waals surface area contributed by atoms with Crippen LogP contribution in [0.1, 0.15) is 32.1 Å². The third kappa shape index (κ3) is 2.27. The maximum atomic E-state index is 6.05. The minimum absolute atomic E-state index is 0.115. The van der Waals surface area contributed by atoms with Crippen LogP contribution in [-0.2, 0) is 4.74 Å². The Morgan fingerprint density at radius 2 is 2.00 bits per heavy atom. The molecule has 0 aromatic carbocycles. The number of nitrogens with two attached hydrogens (primary N) is 1. The van der Waals surface area contributed by atoms with E-state index in [2.05, 4.69) is 11.9 Å². The van der Waals surface area contributed by atoms with E-state index >= 15 is 0 Å². The number of nitrogens with zero attached hydrogens (tertiary/aromatic N) is 1. The number of likely N-dealkylation sites (N-methyl/N-ethyl adjacent to an activating group) is 1. The second kappa shape index (κ2) is 5.03. The van der Waals surface area contributed by atoms with Gasteiger partial charge in [0.15, 0.2) is 0 Å². The average Bonchev–Trinajstić information content (AvgIpc) is 3.03. The molecule has 3 nitrogen and oxygen atoms in total. The van der Waals surface area contributed by atoms with E-state index in [1.165, 1.54) is 38.6 Å². The van der Waals surface area contributed by atoms with Crippen molar-refractivity contribution in [1.29, 1.82) is 0 Å². The Kier molecular flexibility index (Phi) is 3.88. The van der Waals surface area contributed by atoms with Crippen molar-refractivity contribution in [3.63, 3.8) is 0 Å². The molecule has 0 heterocycles. The lowest BCUT2D eigenvalue weighted by atomic mass is 9.83. The number of rotatable bonds is 7. The zero-order valence-corrected chi connectivity index (χ0v) is 10.7. The van der Waals surface area contributed by atoms with E-state index in [4.69, 9.17) is 10.5 Å². The lowest BCUT2D eigenvalue weighted by Gasteiger charge is -2.44. The highest BCUT2D eigenvalue weighted by molar-refractivity contribution is 5.03. The third-order valence-corrected chi connectivity index (χ3v) is 4.60. The van der Waals surface area contributed by atoms with Gasteiger partial charge in [-0.15, -0.1) is 0 Å². The number of hydrogen-bond donors (Lipinski definition) is 1. The van der Waals surface area contributed by atoms with Crippen LogP contribution in [0.25, 0.3) is 0 Å². The molecule has 0 saturated heterocycles. The van der Waals surface area contributed by atoms with Crippen LogP contribution in [-0.4, -0.2) is 44.3 Å². The van der Waals surface area contributed by atoms with Crippen molar-refractivity contribution in [3.05, 3.63) is 0 Å². The van der Waals surface area contributed by atoms with Gasteiger partial charge in [-0.3, -0.25) is 4.90 Å². The van der Waals surface area contributed by atoms with E-state index in [1.807, 2.05) is 0 Å². The van der Waals surface area contributed by atoms with Crippen molar-refractivity contribution >= 4 is 0 Å². The predicted octanol–water partition coefficient (Wildman–Crippen LogP) is 1.47. The first-order valence-corrected chi connectivity index (χ1v) is 6.63. The van der Waals surface area contributed by atoms with Gasteiger partial charge in [0, 0.05) is 20.2 Å². The van der Waals surface area contributed by atoms with Gasteiger partial charge in [0.05, 0.1) is 12.1 Å². The molecule has 0 amide bonds. The van der Waals surface area contributed by atoms with Crippen LogP contribution in [0.3, 0.4) is 0 Å². The van der Waals surface area contributed by atoms with Gasteiger partial charge in [-0.2, -0.15) is 0 Å². The Balaban J connectivity index is 1.97. The largest absolute Gasteiger partial charge is 0.383 e. The molecule has 0 aromatic heterocycles. The summed E-state index contributed by atoms with van der Waals surface area (Å²) in [7, 11) is 4.03. The Morgan fingerprint density at radius 3 is 2.38 bits per heavy atom. The molecular weight excluding hydrogens is 200 g/mol. The standard InChI is InChI=1S/C13H26N2O/c1-15(8-11-4-3-5-11)13(9-14,10-16-2)12-6-7-12/h11-12H,3-10,14H2,1-2H3. The smallest absolute Gasteiger partial charge is 0.0661 e. The first-order chi connectivity index (χ1) is 7.73. The van der Waals surface area contributed by atoms with E-state index in [9.17, 15) is 0 Å². The lowest BCUT2D eigenvalue weighted by Crippen LogP contribution is -2.58. The molecule has 2 aliphatic carbocycles. The summed E-state index contributed by atoms with van der Waals surface area (Å²) in [6.45, 7) is 2.73. The summed E-state index contributed by atoms with van der Waals surface area (Å²) in [5.74, 6) is 1.68. The molecule has 2 aliphatic rings. The van der Waals surface area contributed by atoms with Crippen LogP contribution in [0.5, 0.6) is 0 Å². The number of methoxy groups -OCH3 is 1. The van der Waals surface area contributed by atoms with Crippen LogP contribution >= 0.6 is 0 Å². The van der Waals surface area contributed by atoms with Gasteiger partial charge < -0.3 is 10.5 Å². The molecule has 2 fully saturated rings. The fraction of sp³-hybridized carbons (Fsp3) is 1.00. The molecule has 1 atom stereocenters. The SMILES string of the molecule is COCC(CN)(C1CC1)N(C)CC1CCC1. The molecule has 0 aliphatic heterocycles. The average molecular weight is 226 g/mol. The van der Waals surface area contributed by atoms with Crippen LogP contribution in [0.4, 0.5) is 0 Å². The molecule has 2 saturated carbocycles. The van der Waals surface area contributed by atoms with Crippen LogP contribution in [0, 0.1) is 11.8 Å². The first-order valence-electron chi connectivity index (χ1n) is 6.63. The zero-order valence-electron chi connectivity index (χ0n) is 10.7. The first kappa shape index (κ1) is 12.3. The van der Waals surface area contributed by atoms with Gasteiger partial charge >= 0.3 is 0 Å². The molecule has 3 heteroatoms. The Morgan fingerprint density at radius 1 is 1.31 bits per heavy atom. The molecule has 1 unspecified atom stereocenters. The van der Waals surface area contributed by atoms with Crippen molar-refractivity contribution in [3.8, 4) is 0 Å². The van der Waals surface area contributed by atoms with Crippen LogP contribution < -0.4 is 5.73 Å². The number of ether oxygens (including phenoxy) is 1. The second-order valence-electron chi connectivity index (χ2n) is 5.69. The quantitative estimate of drug-likeness (QED) is 0.714. The molecule has 0 aromatic rings. The normalized spacial score (nSPS) is 25.5. The van der Waals surface area contributed by atoms with Gasteiger partial charge in [-0.1, -0.05) is 6.42 Å². The van der Waals surface area contributed by atoms with Gasteiger partial charge in [-0.05, 0) is 44.6 Å². The molecule has 0 spiro atoms. The third-order valence-electron chi connectivity index (χ3n) is 4.60. The summed E-state index contributed by atoms with van der Waals surface area (Å²) in [5, 5.41) is 0. The molecule has 2 rings (SSSR count). The van der Waals surface area contributed by atoms with Crippen LogP contribution in [0.15, 0.2) is 0 Å². The van der Waals surface area contributed by atoms with E-state index in [-0.39, 0.29) is 5.54 Å². The monoisotopic (exact) mass is 226 g/mol. The summed E-state index contributed by atoms with van der Waals surface area (Å²) in [6, 6.07) is 0. The van der Waals surface area contributed by atoms with Crippen molar-refractivity contribution in [1.82, 2.24) is 4.90 Å². The minimum atomic E-state index is 0.115. The summed E-state index contributed by atoms with van der Waals surface area (Å²) in [4.78, 5) is 2.50.